The second-order valence-electron chi connectivity index (χ2n) is 1.31. The third kappa shape index (κ3) is 2.49. The highest BCUT2D eigenvalue weighted by Gasteiger charge is 2.31. The van der Waals surface area contributed by atoms with E-state index in [1.165, 1.54) is 0 Å². The quantitative estimate of drug-likeness (QED) is 0.455. The molecule has 0 rings (SSSR count). The first-order chi connectivity index (χ1) is 4.39. The minimum Gasteiger partial charge on any atom is -0.466 e. The number of ether oxygens (including phenoxy) is 1. The van der Waals surface area contributed by atoms with Crippen molar-refractivity contribution in [3.8, 4) is 0 Å². The lowest BCUT2D eigenvalue weighted by molar-refractivity contribution is -0.143. The first-order valence-corrected chi connectivity index (χ1v) is 4.42. The molecule has 0 heterocycles. The van der Waals surface area contributed by atoms with Crippen LogP contribution < -0.4 is 0 Å². The molecule has 10 heavy (non-hydrogen) atoms. The summed E-state index contributed by atoms with van der Waals surface area (Å²) < 4.78 is 35.9. The zero-order valence-electron chi connectivity index (χ0n) is 4.87. The van der Waals surface area contributed by atoms with Crippen molar-refractivity contribution in [3.05, 3.63) is 0 Å². The number of carbonyl (C=O) groups is 1. The SMILES string of the molecule is COC(=O)C(F)S(=O)(=O)Cl. The predicted molar refractivity (Wildman–Crippen MR) is 31.7 cm³/mol. The fraction of sp³-hybridized carbons (Fsp3) is 0.667. The number of esters is 1. The molecule has 0 aromatic heterocycles. The van der Waals surface area contributed by atoms with Crippen molar-refractivity contribution in [2.45, 2.75) is 5.50 Å². The molecule has 1 unspecified atom stereocenters. The zero-order chi connectivity index (χ0) is 8.36. The van der Waals surface area contributed by atoms with Crippen LogP contribution >= 0.6 is 10.7 Å². The van der Waals surface area contributed by atoms with Crippen molar-refractivity contribution in [2.75, 3.05) is 7.11 Å². The Hall–Kier alpha value is -0.360. The van der Waals surface area contributed by atoms with Gasteiger partial charge in [0.1, 0.15) is 0 Å². The minimum absolute atomic E-state index is 0.858. The van der Waals surface area contributed by atoms with Gasteiger partial charge in [0.05, 0.1) is 7.11 Å². The van der Waals surface area contributed by atoms with Gasteiger partial charge >= 0.3 is 11.5 Å². The molecule has 0 aliphatic rings. The van der Waals surface area contributed by atoms with Gasteiger partial charge in [0.25, 0.3) is 9.05 Å². The Labute approximate surface area is 61.3 Å². The van der Waals surface area contributed by atoms with Gasteiger partial charge in [-0.3, -0.25) is 0 Å². The Balaban J connectivity index is 4.39. The van der Waals surface area contributed by atoms with E-state index in [1.54, 1.807) is 0 Å². The molecular formula is C3H4ClFO4S. The summed E-state index contributed by atoms with van der Waals surface area (Å²) in [6, 6.07) is 0. The summed E-state index contributed by atoms with van der Waals surface area (Å²) >= 11 is 0. The van der Waals surface area contributed by atoms with Crippen LogP contribution in [-0.2, 0) is 18.6 Å². The van der Waals surface area contributed by atoms with Gasteiger partial charge in [-0.2, -0.15) is 0 Å². The van der Waals surface area contributed by atoms with E-state index in [9.17, 15) is 17.6 Å². The van der Waals surface area contributed by atoms with E-state index >= 15 is 0 Å². The van der Waals surface area contributed by atoms with Gasteiger partial charge in [-0.05, 0) is 0 Å². The topological polar surface area (TPSA) is 60.4 Å². The Kier molecular flexibility index (Phi) is 3.04. The smallest absolute Gasteiger partial charge is 0.357 e. The lowest BCUT2D eigenvalue weighted by atomic mass is 10.8. The van der Waals surface area contributed by atoms with Gasteiger partial charge < -0.3 is 4.74 Å². The zero-order valence-corrected chi connectivity index (χ0v) is 6.45. The van der Waals surface area contributed by atoms with Crippen molar-refractivity contribution in [3.63, 3.8) is 0 Å². The number of rotatable bonds is 2. The van der Waals surface area contributed by atoms with Crippen LogP contribution in [0.4, 0.5) is 4.39 Å². The van der Waals surface area contributed by atoms with Crippen LogP contribution in [0.1, 0.15) is 0 Å². The maximum atomic E-state index is 12.1. The molecular weight excluding hydrogens is 187 g/mol. The summed E-state index contributed by atoms with van der Waals surface area (Å²) in [5, 5.41) is 0. The van der Waals surface area contributed by atoms with E-state index in [2.05, 4.69) is 15.4 Å². The predicted octanol–water partition coefficient (Wildman–Crippen LogP) is 0.0236. The van der Waals surface area contributed by atoms with Crippen LogP contribution in [0.25, 0.3) is 0 Å². The molecule has 0 aromatic rings. The van der Waals surface area contributed by atoms with Crippen molar-refractivity contribution < 1.29 is 22.3 Å². The van der Waals surface area contributed by atoms with Crippen molar-refractivity contribution >= 4 is 25.7 Å². The Morgan fingerprint density at radius 3 is 2.20 bits per heavy atom. The molecule has 0 aliphatic carbocycles. The molecule has 0 aromatic carbocycles. The monoisotopic (exact) mass is 190 g/mol. The molecule has 0 saturated heterocycles. The summed E-state index contributed by atoms with van der Waals surface area (Å²) in [5.74, 6) is -1.52. The number of alkyl halides is 1. The molecule has 0 N–H and O–H groups in total. The number of hydrogen-bond donors (Lipinski definition) is 0. The highest BCUT2D eigenvalue weighted by Crippen LogP contribution is 2.09. The molecule has 0 aliphatic heterocycles. The van der Waals surface area contributed by atoms with Crippen LogP contribution in [0.3, 0.4) is 0 Å². The minimum atomic E-state index is -4.48. The second-order valence-corrected chi connectivity index (χ2v) is 3.97. The molecule has 0 radical (unpaired) electrons. The van der Waals surface area contributed by atoms with Gasteiger partial charge in [0.15, 0.2) is 0 Å². The summed E-state index contributed by atoms with van der Waals surface area (Å²) in [4.78, 5) is 10.1. The molecule has 0 spiro atoms. The maximum absolute atomic E-state index is 12.1. The number of halogens is 2. The van der Waals surface area contributed by atoms with Crippen molar-refractivity contribution in [1.29, 1.82) is 0 Å². The molecule has 7 heteroatoms. The average Bonchev–Trinajstić information content (AvgIpc) is 1.83. The van der Waals surface area contributed by atoms with Gasteiger partial charge in [-0.15, -0.1) is 0 Å². The van der Waals surface area contributed by atoms with E-state index in [0.717, 1.165) is 7.11 Å². The molecule has 0 fully saturated rings. The van der Waals surface area contributed by atoms with Gasteiger partial charge in [0.2, 0.25) is 0 Å². The standard InChI is InChI=1S/C3H4ClFO4S/c1-9-3(6)2(5)10(4,7)8/h2H,1H3. The van der Waals surface area contributed by atoms with E-state index in [-0.39, 0.29) is 0 Å². The molecule has 4 nitrogen and oxygen atoms in total. The van der Waals surface area contributed by atoms with Gasteiger partial charge in [0, 0.05) is 10.7 Å². The van der Waals surface area contributed by atoms with Crippen LogP contribution in [0.2, 0.25) is 0 Å². The average molecular weight is 191 g/mol. The Morgan fingerprint density at radius 1 is 1.70 bits per heavy atom. The van der Waals surface area contributed by atoms with Crippen LogP contribution in [0.15, 0.2) is 0 Å². The van der Waals surface area contributed by atoms with Crippen LogP contribution in [0.5, 0.6) is 0 Å². The second kappa shape index (κ2) is 3.16. The number of hydrogen-bond acceptors (Lipinski definition) is 4. The Morgan fingerprint density at radius 2 is 2.10 bits per heavy atom. The summed E-state index contributed by atoms with van der Waals surface area (Å²) in [7, 11) is 0.829. The van der Waals surface area contributed by atoms with E-state index in [0.29, 0.717) is 0 Å². The highest BCUT2D eigenvalue weighted by atomic mass is 35.7. The van der Waals surface area contributed by atoms with E-state index in [4.69, 9.17) is 0 Å². The highest BCUT2D eigenvalue weighted by molar-refractivity contribution is 8.14. The normalized spacial score (nSPS) is 14.3. The molecule has 0 amide bonds. The van der Waals surface area contributed by atoms with Gasteiger partial charge in [-0.25, -0.2) is 17.6 Å². The lowest BCUT2D eigenvalue weighted by Gasteiger charge is -1.99. The largest absolute Gasteiger partial charge is 0.466 e. The van der Waals surface area contributed by atoms with Crippen LogP contribution in [0, 0.1) is 0 Å². The molecule has 0 bridgehead atoms. The fourth-order valence-electron chi connectivity index (χ4n) is 0.208. The summed E-state index contributed by atoms with van der Waals surface area (Å²) in [5.41, 5.74) is -2.79. The lowest BCUT2D eigenvalue weighted by Crippen LogP contribution is -2.23. The van der Waals surface area contributed by atoms with Crippen LogP contribution in [-0.4, -0.2) is 27.0 Å². The molecule has 1 atom stereocenters. The first-order valence-electron chi connectivity index (χ1n) is 2.05. The van der Waals surface area contributed by atoms with E-state index < -0.39 is 20.5 Å². The summed E-state index contributed by atoms with van der Waals surface area (Å²) in [6.45, 7) is 0. The maximum Gasteiger partial charge on any atom is 0.357 e. The molecule has 60 valence electrons. The van der Waals surface area contributed by atoms with Crippen molar-refractivity contribution in [1.82, 2.24) is 0 Å². The number of methoxy groups -OCH3 is 1. The molecule has 0 saturated carbocycles. The first kappa shape index (κ1) is 9.64. The Bertz CT molecular complexity index is 223. The fourth-order valence-corrected chi connectivity index (χ4v) is 0.752. The number of carbonyl (C=O) groups excluding carboxylic acids is 1. The third-order valence-electron chi connectivity index (χ3n) is 0.634. The van der Waals surface area contributed by atoms with E-state index in [1.807, 2.05) is 0 Å². The summed E-state index contributed by atoms with van der Waals surface area (Å²) in [6.07, 6.45) is 0. The third-order valence-corrected chi connectivity index (χ3v) is 1.79. The van der Waals surface area contributed by atoms with Crippen molar-refractivity contribution in [2.24, 2.45) is 0 Å². The van der Waals surface area contributed by atoms with Gasteiger partial charge in [-0.1, -0.05) is 0 Å².